The third-order valence-corrected chi connectivity index (χ3v) is 1.42. The highest BCUT2D eigenvalue weighted by Gasteiger charge is 1.88. The molecule has 0 spiro atoms. The van der Waals surface area contributed by atoms with Gasteiger partial charge in [-0.25, -0.2) is 8.93 Å². The molecule has 3 N–H and O–H groups in total. The van der Waals surface area contributed by atoms with Crippen LogP contribution in [-0.4, -0.2) is 36.8 Å². The standard InChI is InChI=1S/C5H14N2O2S/c1-10(8)7-3-5-9-4-2-6/h7H,2-6H2,1H3. The molecule has 0 bridgehead atoms. The first kappa shape index (κ1) is 10.0. The van der Waals surface area contributed by atoms with E-state index in [1.165, 1.54) is 0 Å². The van der Waals surface area contributed by atoms with Crippen LogP contribution >= 0.6 is 0 Å². The predicted octanol–water partition coefficient (Wildman–Crippen LogP) is -1.16. The monoisotopic (exact) mass is 166 g/mol. The zero-order valence-electron chi connectivity index (χ0n) is 6.13. The minimum Gasteiger partial charge on any atom is -0.379 e. The molecule has 5 heteroatoms. The number of nitrogens with one attached hydrogen (secondary N) is 1. The molecule has 1 unspecified atom stereocenters. The summed E-state index contributed by atoms with van der Waals surface area (Å²) in [5.41, 5.74) is 5.17. The normalized spacial score (nSPS) is 13.4. The molecule has 4 nitrogen and oxygen atoms in total. The van der Waals surface area contributed by atoms with Gasteiger partial charge in [0.25, 0.3) is 0 Å². The van der Waals surface area contributed by atoms with Crippen molar-refractivity contribution in [1.82, 2.24) is 4.72 Å². The van der Waals surface area contributed by atoms with Crippen LogP contribution in [0.5, 0.6) is 0 Å². The maximum Gasteiger partial charge on any atom is 0.0884 e. The van der Waals surface area contributed by atoms with Gasteiger partial charge in [-0.15, -0.1) is 0 Å². The van der Waals surface area contributed by atoms with E-state index < -0.39 is 11.0 Å². The second kappa shape index (κ2) is 7.14. The summed E-state index contributed by atoms with van der Waals surface area (Å²) in [6, 6.07) is 0. The Bertz CT molecular complexity index is 99.6. The van der Waals surface area contributed by atoms with Crippen molar-refractivity contribution < 1.29 is 8.95 Å². The molecule has 1 atom stereocenters. The van der Waals surface area contributed by atoms with Crippen LogP contribution in [0.4, 0.5) is 0 Å². The van der Waals surface area contributed by atoms with Crippen LogP contribution in [-0.2, 0) is 15.7 Å². The summed E-state index contributed by atoms with van der Waals surface area (Å²) >= 11 is 0. The molecule has 0 saturated carbocycles. The minimum atomic E-state index is -0.932. The van der Waals surface area contributed by atoms with Crippen molar-refractivity contribution in [1.29, 1.82) is 0 Å². The van der Waals surface area contributed by atoms with E-state index in [-0.39, 0.29) is 0 Å². The van der Waals surface area contributed by atoms with E-state index in [2.05, 4.69) is 4.72 Å². The van der Waals surface area contributed by atoms with Gasteiger partial charge in [0, 0.05) is 19.3 Å². The molecule has 0 radical (unpaired) electrons. The van der Waals surface area contributed by atoms with E-state index in [1.807, 2.05) is 0 Å². The molecule has 0 aromatic rings. The highest BCUT2D eigenvalue weighted by atomic mass is 32.2. The molecule has 0 saturated heterocycles. The van der Waals surface area contributed by atoms with Gasteiger partial charge in [-0.3, -0.25) is 0 Å². The topological polar surface area (TPSA) is 64.3 Å². The van der Waals surface area contributed by atoms with Crippen LogP contribution < -0.4 is 10.5 Å². The summed E-state index contributed by atoms with van der Waals surface area (Å²) in [7, 11) is -0.932. The number of ether oxygens (including phenoxy) is 1. The summed E-state index contributed by atoms with van der Waals surface area (Å²) < 4.78 is 18.1. The minimum absolute atomic E-state index is 0.537. The lowest BCUT2D eigenvalue weighted by atomic mass is 10.7. The van der Waals surface area contributed by atoms with E-state index in [0.717, 1.165) is 0 Å². The van der Waals surface area contributed by atoms with Crippen LogP contribution in [0.1, 0.15) is 0 Å². The smallest absolute Gasteiger partial charge is 0.0884 e. The Morgan fingerprint density at radius 1 is 1.60 bits per heavy atom. The van der Waals surface area contributed by atoms with Crippen LogP contribution in [0.2, 0.25) is 0 Å². The molecule has 62 valence electrons. The molecule has 0 rings (SSSR count). The lowest BCUT2D eigenvalue weighted by molar-refractivity contribution is 0.147. The van der Waals surface area contributed by atoms with Gasteiger partial charge in [-0.05, 0) is 0 Å². The van der Waals surface area contributed by atoms with E-state index >= 15 is 0 Å². The Balaban J connectivity index is 2.84. The number of hydrogen-bond acceptors (Lipinski definition) is 3. The van der Waals surface area contributed by atoms with Crippen molar-refractivity contribution in [3.05, 3.63) is 0 Å². The van der Waals surface area contributed by atoms with E-state index in [9.17, 15) is 4.21 Å². The van der Waals surface area contributed by atoms with Gasteiger partial charge >= 0.3 is 0 Å². The molecule has 0 aliphatic carbocycles. The first-order chi connectivity index (χ1) is 4.77. The summed E-state index contributed by atoms with van der Waals surface area (Å²) in [6.07, 6.45) is 1.59. The average molecular weight is 166 g/mol. The van der Waals surface area contributed by atoms with Crippen molar-refractivity contribution in [3.63, 3.8) is 0 Å². The molecule has 0 aromatic heterocycles. The summed E-state index contributed by atoms with van der Waals surface area (Å²) in [6.45, 7) is 2.28. The Morgan fingerprint density at radius 2 is 2.30 bits per heavy atom. The maximum absolute atomic E-state index is 10.4. The van der Waals surface area contributed by atoms with Gasteiger partial charge in [0.15, 0.2) is 0 Å². The van der Waals surface area contributed by atoms with E-state index in [4.69, 9.17) is 10.5 Å². The van der Waals surface area contributed by atoms with Gasteiger partial charge in [-0.1, -0.05) is 0 Å². The Hall–Kier alpha value is 0.0300. The Labute approximate surface area is 63.7 Å². The zero-order chi connectivity index (χ0) is 7.82. The average Bonchev–Trinajstić information content (AvgIpc) is 1.87. The highest BCUT2D eigenvalue weighted by Crippen LogP contribution is 1.70. The van der Waals surface area contributed by atoms with Crippen molar-refractivity contribution in [2.45, 2.75) is 0 Å². The molecular weight excluding hydrogens is 152 g/mol. The van der Waals surface area contributed by atoms with Gasteiger partial charge in [-0.2, -0.15) is 0 Å². The molecule has 10 heavy (non-hydrogen) atoms. The van der Waals surface area contributed by atoms with Crippen molar-refractivity contribution in [3.8, 4) is 0 Å². The molecule has 0 aliphatic heterocycles. The molecule has 0 fully saturated rings. The Kier molecular flexibility index (Phi) is 7.16. The van der Waals surface area contributed by atoms with Gasteiger partial charge < -0.3 is 10.5 Å². The molecule has 0 aromatic carbocycles. The fourth-order valence-corrected chi connectivity index (χ4v) is 0.814. The third-order valence-electron chi connectivity index (χ3n) is 0.814. The van der Waals surface area contributed by atoms with Crippen molar-refractivity contribution in [2.24, 2.45) is 5.73 Å². The SMILES string of the molecule is CS(=O)NCCOCCN. The zero-order valence-corrected chi connectivity index (χ0v) is 6.95. The fraction of sp³-hybridized carbons (Fsp3) is 1.00. The third kappa shape index (κ3) is 8.03. The highest BCUT2D eigenvalue weighted by molar-refractivity contribution is 7.82. The van der Waals surface area contributed by atoms with Crippen LogP contribution in [0.15, 0.2) is 0 Å². The second-order valence-electron chi connectivity index (χ2n) is 1.75. The Morgan fingerprint density at radius 3 is 2.80 bits per heavy atom. The predicted molar refractivity (Wildman–Crippen MR) is 41.9 cm³/mol. The van der Waals surface area contributed by atoms with Crippen LogP contribution in [0.3, 0.4) is 0 Å². The lowest BCUT2D eigenvalue weighted by Gasteiger charge is -2.01. The van der Waals surface area contributed by atoms with E-state index in [0.29, 0.717) is 26.3 Å². The fourth-order valence-electron chi connectivity index (χ4n) is 0.443. The van der Waals surface area contributed by atoms with Gasteiger partial charge in [0.1, 0.15) is 0 Å². The summed E-state index contributed by atoms with van der Waals surface area (Å²) in [5, 5.41) is 0. The van der Waals surface area contributed by atoms with Crippen molar-refractivity contribution >= 4 is 11.0 Å². The lowest BCUT2D eigenvalue weighted by Crippen LogP contribution is -2.22. The first-order valence-electron chi connectivity index (χ1n) is 3.12. The number of hydrogen-bond donors (Lipinski definition) is 2. The first-order valence-corrected chi connectivity index (χ1v) is 4.68. The maximum atomic E-state index is 10.4. The van der Waals surface area contributed by atoms with Gasteiger partial charge in [0.05, 0.1) is 24.2 Å². The summed E-state index contributed by atoms with van der Waals surface area (Å²) in [5.74, 6) is 0. The van der Waals surface area contributed by atoms with E-state index in [1.54, 1.807) is 6.26 Å². The molecule has 0 amide bonds. The number of nitrogens with two attached hydrogens (primary N) is 1. The molecular formula is C5H14N2O2S. The molecule has 0 heterocycles. The van der Waals surface area contributed by atoms with Crippen LogP contribution in [0, 0.1) is 0 Å². The quantitative estimate of drug-likeness (QED) is 0.489. The van der Waals surface area contributed by atoms with Gasteiger partial charge in [0.2, 0.25) is 0 Å². The molecule has 0 aliphatic rings. The number of rotatable bonds is 6. The largest absolute Gasteiger partial charge is 0.379 e. The van der Waals surface area contributed by atoms with Crippen molar-refractivity contribution in [2.75, 3.05) is 32.6 Å². The second-order valence-corrected chi connectivity index (χ2v) is 2.95. The summed E-state index contributed by atoms with van der Waals surface area (Å²) in [4.78, 5) is 0. The van der Waals surface area contributed by atoms with Crippen LogP contribution in [0.25, 0.3) is 0 Å².